The van der Waals surface area contributed by atoms with Gasteiger partial charge >= 0.3 is 0 Å². The number of nitrogens with one attached hydrogen (secondary N) is 2. The van der Waals surface area contributed by atoms with Gasteiger partial charge in [-0.05, 0) is 37.6 Å². The van der Waals surface area contributed by atoms with Gasteiger partial charge in [-0.2, -0.15) is 0 Å². The van der Waals surface area contributed by atoms with Crippen molar-refractivity contribution in [2.75, 3.05) is 6.54 Å². The summed E-state index contributed by atoms with van der Waals surface area (Å²) in [4.78, 5) is 24.0. The molecule has 0 fully saturated rings. The van der Waals surface area contributed by atoms with Crippen molar-refractivity contribution >= 4 is 33.6 Å². The summed E-state index contributed by atoms with van der Waals surface area (Å²) < 4.78 is 5.59. The average molecular weight is 338 g/mol. The topological polar surface area (TPSA) is 71.3 Å². The largest absolute Gasteiger partial charge is 0.464 e. The molecule has 1 aromatic heterocycles. The van der Waals surface area contributed by atoms with Gasteiger partial charge in [0.05, 0.1) is 19.2 Å². The summed E-state index contributed by atoms with van der Waals surface area (Å²) in [5.41, 5.74) is 1.26. The van der Waals surface area contributed by atoms with E-state index >= 15 is 0 Å². The van der Waals surface area contributed by atoms with Crippen molar-refractivity contribution in [2.45, 2.75) is 32.7 Å². The zero-order valence-corrected chi connectivity index (χ0v) is 14.7. The fourth-order valence-corrected chi connectivity index (χ4v) is 2.88. The lowest BCUT2D eigenvalue weighted by Gasteiger charge is -2.20. The molecule has 0 radical (unpaired) electrons. The van der Waals surface area contributed by atoms with Crippen LogP contribution in [0.4, 0.5) is 0 Å². The molecular formula is C20H22N2O3. The molecule has 3 rings (SSSR count). The Morgan fingerprint density at radius 1 is 1.04 bits per heavy atom. The van der Waals surface area contributed by atoms with E-state index in [9.17, 15) is 9.59 Å². The van der Waals surface area contributed by atoms with Crippen molar-refractivity contribution in [1.29, 1.82) is 0 Å². The van der Waals surface area contributed by atoms with Crippen LogP contribution in [0.2, 0.25) is 0 Å². The fraction of sp³-hybridized carbons (Fsp3) is 0.300. The molecule has 0 saturated carbocycles. The number of rotatable bonds is 4. The Bertz CT molecular complexity index is 935. The van der Waals surface area contributed by atoms with E-state index in [0.717, 1.165) is 27.3 Å². The molecule has 0 aliphatic rings. The predicted octanol–water partition coefficient (Wildman–Crippen LogP) is 3.16. The van der Waals surface area contributed by atoms with Crippen LogP contribution in [0.1, 0.15) is 26.3 Å². The SMILES string of the molecule is CC(C)(C)NC(=O)CNC(=O)Cc1coc2ccc3ccccc3c12. The van der Waals surface area contributed by atoms with Gasteiger partial charge in [-0.25, -0.2) is 0 Å². The van der Waals surface area contributed by atoms with Crippen LogP contribution < -0.4 is 10.6 Å². The van der Waals surface area contributed by atoms with Gasteiger partial charge in [0.25, 0.3) is 0 Å². The summed E-state index contributed by atoms with van der Waals surface area (Å²) in [7, 11) is 0. The lowest BCUT2D eigenvalue weighted by molar-refractivity contribution is -0.126. The molecule has 25 heavy (non-hydrogen) atoms. The Labute approximate surface area is 146 Å². The Morgan fingerprint density at radius 2 is 1.80 bits per heavy atom. The van der Waals surface area contributed by atoms with Crippen LogP contribution in [0.15, 0.2) is 47.1 Å². The summed E-state index contributed by atoms with van der Waals surface area (Å²) in [6, 6.07) is 11.9. The van der Waals surface area contributed by atoms with Crippen LogP contribution in [0.5, 0.6) is 0 Å². The molecule has 1 heterocycles. The zero-order chi connectivity index (χ0) is 18.0. The van der Waals surface area contributed by atoms with Crippen molar-refractivity contribution in [1.82, 2.24) is 10.6 Å². The standard InChI is InChI=1S/C20H22N2O3/c1-20(2,3)22-18(24)11-21-17(23)10-14-12-25-16-9-8-13-6-4-5-7-15(13)19(14)16/h4-9,12H,10-11H2,1-3H3,(H,21,23)(H,22,24). The van der Waals surface area contributed by atoms with E-state index in [4.69, 9.17) is 4.42 Å². The van der Waals surface area contributed by atoms with Crippen molar-refractivity contribution in [3.63, 3.8) is 0 Å². The highest BCUT2D eigenvalue weighted by Gasteiger charge is 2.16. The van der Waals surface area contributed by atoms with E-state index in [1.165, 1.54) is 0 Å². The van der Waals surface area contributed by atoms with Crippen molar-refractivity contribution < 1.29 is 14.0 Å². The molecule has 0 unspecified atom stereocenters. The number of carbonyl (C=O) groups excluding carboxylic acids is 2. The van der Waals surface area contributed by atoms with Crippen LogP contribution in [-0.4, -0.2) is 23.9 Å². The second-order valence-corrected chi connectivity index (χ2v) is 7.17. The van der Waals surface area contributed by atoms with E-state index < -0.39 is 0 Å². The maximum absolute atomic E-state index is 12.2. The molecule has 0 atom stereocenters. The molecule has 5 nitrogen and oxygen atoms in total. The van der Waals surface area contributed by atoms with Gasteiger partial charge in [0.15, 0.2) is 0 Å². The first-order chi connectivity index (χ1) is 11.8. The molecule has 0 aliphatic carbocycles. The number of furan rings is 1. The number of carbonyl (C=O) groups is 2. The Kier molecular flexibility index (Phi) is 4.49. The Hall–Kier alpha value is -2.82. The molecule has 0 bridgehead atoms. The molecule has 2 amide bonds. The molecule has 0 saturated heterocycles. The molecule has 0 aliphatic heterocycles. The van der Waals surface area contributed by atoms with Crippen molar-refractivity contribution in [2.24, 2.45) is 0 Å². The molecule has 0 spiro atoms. The molecule has 2 aromatic carbocycles. The van der Waals surface area contributed by atoms with E-state index in [1.807, 2.05) is 57.2 Å². The first-order valence-corrected chi connectivity index (χ1v) is 8.29. The van der Waals surface area contributed by atoms with Gasteiger partial charge in [0.1, 0.15) is 5.58 Å². The minimum atomic E-state index is -0.318. The monoisotopic (exact) mass is 338 g/mol. The highest BCUT2D eigenvalue weighted by atomic mass is 16.3. The second kappa shape index (κ2) is 6.59. The average Bonchev–Trinajstić information content (AvgIpc) is 2.95. The Balaban J connectivity index is 1.74. The van der Waals surface area contributed by atoms with E-state index in [0.29, 0.717) is 0 Å². The van der Waals surface area contributed by atoms with Gasteiger partial charge in [-0.15, -0.1) is 0 Å². The number of fused-ring (bicyclic) bond motifs is 3. The van der Waals surface area contributed by atoms with E-state index in [-0.39, 0.29) is 30.3 Å². The van der Waals surface area contributed by atoms with Crippen LogP contribution in [0, 0.1) is 0 Å². The number of benzene rings is 2. The summed E-state index contributed by atoms with van der Waals surface area (Å²) in [6.45, 7) is 5.66. The minimum Gasteiger partial charge on any atom is -0.464 e. The van der Waals surface area contributed by atoms with Gasteiger partial charge in [-0.3, -0.25) is 9.59 Å². The Morgan fingerprint density at radius 3 is 2.56 bits per heavy atom. The third-order valence-electron chi connectivity index (χ3n) is 3.85. The lowest BCUT2D eigenvalue weighted by Crippen LogP contribution is -2.46. The maximum atomic E-state index is 12.2. The van der Waals surface area contributed by atoms with Crippen LogP contribution >= 0.6 is 0 Å². The first-order valence-electron chi connectivity index (χ1n) is 8.29. The van der Waals surface area contributed by atoms with Gasteiger partial charge in [0.2, 0.25) is 11.8 Å². The summed E-state index contributed by atoms with van der Waals surface area (Å²) >= 11 is 0. The molecule has 130 valence electrons. The third-order valence-corrected chi connectivity index (χ3v) is 3.85. The number of hydrogen-bond donors (Lipinski definition) is 2. The minimum absolute atomic E-state index is 0.0351. The highest BCUT2D eigenvalue weighted by Crippen LogP contribution is 2.30. The number of hydrogen-bond acceptors (Lipinski definition) is 3. The van der Waals surface area contributed by atoms with Crippen molar-refractivity contribution in [3.8, 4) is 0 Å². The first kappa shape index (κ1) is 17.0. The van der Waals surface area contributed by atoms with Crippen LogP contribution in [0.25, 0.3) is 21.7 Å². The van der Waals surface area contributed by atoms with Crippen molar-refractivity contribution in [3.05, 3.63) is 48.2 Å². The van der Waals surface area contributed by atoms with Gasteiger partial charge in [0, 0.05) is 16.5 Å². The van der Waals surface area contributed by atoms with E-state index in [2.05, 4.69) is 10.6 Å². The normalized spacial score (nSPS) is 11.6. The summed E-state index contributed by atoms with van der Waals surface area (Å²) in [5, 5.41) is 8.59. The lowest BCUT2D eigenvalue weighted by atomic mass is 10.0. The summed E-state index contributed by atoms with van der Waals surface area (Å²) in [6.07, 6.45) is 1.79. The second-order valence-electron chi connectivity index (χ2n) is 7.17. The molecule has 3 aromatic rings. The maximum Gasteiger partial charge on any atom is 0.239 e. The smallest absolute Gasteiger partial charge is 0.239 e. The molecular weight excluding hydrogens is 316 g/mol. The summed E-state index contributed by atoms with van der Waals surface area (Å²) in [5.74, 6) is -0.414. The fourth-order valence-electron chi connectivity index (χ4n) is 2.88. The van der Waals surface area contributed by atoms with E-state index in [1.54, 1.807) is 6.26 Å². The third kappa shape index (κ3) is 3.99. The zero-order valence-electron chi connectivity index (χ0n) is 14.7. The molecule has 5 heteroatoms. The number of amides is 2. The molecule has 2 N–H and O–H groups in total. The quantitative estimate of drug-likeness (QED) is 0.767. The van der Waals surface area contributed by atoms with Gasteiger partial charge < -0.3 is 15.1 Å². The van der Waals surface area contributed by atoms with Gasteiger partial charge in [-0.1, -0.05) is 30.3 Å². The highest BCUT2D eigenvalue weighted by molar-refractivity contribution is 6.08. The van der Waals surface area contributed by atoms with Crippen LogP contribution in [-0.2, 0) is 16.0 Å². The van der Waals surface area contributed by atoms with Crippen LogP contribution in [0.3, 0.4) is 0 Å². The predicted molar refractivity (Wildman–Crippen MR) is 98.3 cm³/mol.